The van der Waals surface area contributed by atoms with E-state index in [9.17, 15) is 10.1 Å². The van der Waals surface area contributed by atoms with Crippen molar-refractivity contribution in [1.82, 2.24) is 0 Å². The number of anilines is 1. The molecule has 0 unspecified atom stereocenters. The van der Waals surface area contributed by atoms with E-state index in [0.29, 0.717) is 18.0 Å². The number of nitrogens with one attached hydrogen (secondary N) is 1. The van der Waals surface area contributed by atoms with Gasteiger partial charge in [-0.25, -0.2) is 0 Å². The Morgan fingerprint density at radius 3 is 2.57 bits per heavy atom. The lowest BCUT2D eigenvalue weighted by atomic mass is 10.1. The van der Waals surface area contributed by atoms with Gasteiger partial charge in [-0.3, -0.25) is 4.79 Å². The highest BCUT2D eigenvalue weighted by molar-refractivity contribution is 14.1. The van der Waals surface area contributed by atoms with Crippen molar-refractivity contribution in [1.29, 1.82) is 5.26 Å². The third kappa shape index (κ3) is 5.69. The van der Waals surface area contributed by atoms with Crippen LogP contribution < -0.4 is 10.1 Å². The van der Waals surface area contributed by atoms with E-state index >= 15 is 0 Å². The molecule has 0 aromatic heterocycles. The molecule has 5 heteroatoms. The molecular formula is C23H17IN2O2. The van der Waals surface area contributed by atoms with E-state index in [4.69, 9.17) is 4.74 Å². The second kappa shape index (κ2) is 9.72. The summed E-state index contributed by atoms with van der Waals surface area (Å²) in [5.41, 5.74) is 2.47. The van der Waals surface area contributed by atoms with Crippen LogP contribution >= 0.6 is 22.6 Å². The van der Waals surface area contributed by atoms with Gasteiger partial charge in [-0.15, -0.1) is 0 Å². The lowest BCUT2D eigenvalue weighted by molar-refractivity contribution is -0.112. The normalized spacial score (nSPS) is 10.8. The van der Waals surface area contributed by atoms with Crippen LogP contribution in [0.4, 0.5) is 5.69 Å². The fraction of sp³-hybridized carbons (Fsp3) is 0.0435. The zero-order valence-corrected chi connectivity index (χ0v) is 17.1. The Morgan fingerprint density at radius 2 is 1.82 bits per heavy atom. The van der Waals surface area contributed by atoms with Crippen LogP contribution in [0.2, 0.25) is 0 Å². The van der Waals surface area contributed by atoms with Crippen LogP contribution in [-0.2, 0) is 11.4 Å². The molecule has 0 atom stereocenters. The van der Waals surface area contributed by atoms with E-state index in [2.05, 4.69) is 27.9 Å². The van der Waals surface area contributed by atoms with Crippen LogP contribution in [0.5, 0.6) is 5.75 Å². The van der Waals surface area contributed by atoms with Gasteiger partial charge < -0.3 is 10.1 Å². The SMILES string of the molecule is N#C/C(=C\c1cccc(OCc2ccccc2)c1)C(=O)Nc1cccc(I)c1. The van der Waals surface area contributed by atoms with Crippen molar-refractivity contribution >= 4 is 40.3 Å². The van der Waals surface area contributed by atoms with Gasteiger partial charge in [0.1, 0.15) is 24.0 Å². The summed E-state index contributed by atoms with van der Waals surface area (Å²) in [6.07, 6.45) is 1.55. The quantitative estimate of drug-likeness (QED) is 0.291. The van der Waals surface area contributed by atoms with Gasteiger partial charge in [0.15, 0.2) is 0 Å². The highest BCUT2D eigenvalue weighted by atomic mass is 127. The Labute approximate surface area is 177 Å². The molecule has 0 saturated carbocycles. The highest BCUT2D eigenvalue weighted by Crippen LogP contribution is 2.18. The summed E-state index contributed by atoms with van der Waals surface area (Å²) >= 11 is 2.17. The van der Waals surface area contributed by atoms with E-state index in [0.717, 1.165) is 14.7 Å². The molecule has 28 heavy (non-hydrogen) atoms. The molecule has 3 rings (SSSR count). The molecule has 4 nitrogen and oxygen atoms in total. The van der Waals surface area contributed by atoms with Gasteiger partial charge in [0.2, 0.25) is 0 Å². The number of carbonyl (C=O) groups is 1. The predicted molar refractivity (Wildman–Crippen MR) is 119 cm³/mol. The molecule has 0 aliphatic heterocycles. The van der Waals surface area contributed by atoms with Gasteiger partial charge in [0.25, 0.3) is 5.91 Å². The maximum absolute atomic E-state index is 12.4. The van der Waals surface area contributed by atoms with E-state index in [1.807, 2.05) is 72.8 Å². The first kappa shape index (κ1) is 19.6. The van der Waals surface area contributed by atoms with Crippen LogP contribution in [0.3, 0.4) is 0 Å². The minimum Gasteiger partial charge on any atom is -0.489 e. The van der Waals surface area contributed by atoms with E-state index < -0.39 is 5.91 Å². The monoisotopic (exact) mass is 480 g/mol. The molecule has 0 saturated heterocycles. The van der Waals surface area contributed by atoms with Gasteiger partial charge in [0, 0.05) is 9.26 Å². The topological polar surface area (TPSA) is 62.1 Å². The number of benzene rings is 3. The fourth-order valence-corrected chi connectivity index (χ4v) is 3.06. The first-order chi connectivity index (χ1) is 13.6. The third-order valence-electron chi connectivity index (χ3n) is 3.86. The summed E-state index contributed by atoms with van der Waals surface area (Å²) in [6.45, 7) is 0.451. The summed E-state index contributed by atoms with van der Waals surface area (Å²) in [7, 11) is 0. The number of nitrogens with zero attached hydrogens (tertiary/aromatic N) is 1. The standard InChI is InChI=1S/C23H17IN2O2/c24-20-9-5-10-21(14-20)26-23(27)19(15-25)12-18-8-4-11-22(13-18)28-16-17-6-2-1-3-7-17/h1-14H,16H2,(H,26,27)/b19-12+. The van der Waals surface area contributed by atoms with Crippen LogP contribution in [0, 0.1) is 14.9 Å². The third-order valence-corrected chi connectivity index (χ3v) is 4.54. The summed E-state index contributed by atoms with van der Waals surface area (Å²) in [4.78, 5) is 12.4. The van der Waals surface area contributed by atoms with Crippen LogP contribution in [0.25, 0.3) is 6.08 Å². The summed E-state index contributed by atoms with van der Waals surface area (Å²) in [5.74, 6) is 0.230. The average molecular weight is 480 g/mol. The van der Waals surface area contributed by atoms with Crippen LogP contribution in [-0.4, -0.2) is 5.91 Å². The zero-order valence-electron chi connectivity index (χ0n) is 14.9. The lowest BCUT2D eigenvalue weighted by Crippen LogP contribution is -2.13. The smallest absolute Gasteiger partial charge is 0.266 e. The zero-order chi connectivity index (χ0) is 19.8. The summed E-state index contributed by atoms with van der Waals surface area (Å²) in [5, 5.41) is 12.1. The van der Waals surface area contributed by atoms with Crippen LogP contribution in [0.1, 0.15) is 11.1 Å². The summed E-state index contributed by atoms with van der Waals surface area (Å²) in [6, 6.07) is 26.5. The Morgan fingerprint density at radius 1 is 1.04 bits per heavy atom. The fourth-order valence-electron chi connectivity index (χ4n) is 2.51. The number of carbonyl (C=O) groups excluding carboxylic acids is 1. The number of halogens is 1. The van der Waals surface area contributed by atoms with E-state index in [1.165, 1.54) is 0 Å². The van der Waals surface area contributed by atoms with Crippen LogP contribution in [0.15, 0.2) is 84.4 Å². The first-order valence-electron chi connectivity index (χ1n) is 8.59. The highest BCUT2D eigenvalue weighted by Gasteiger charge is 2.10. The van der Waals surface area contributed by atoms with E-state index in [-0.39, 0.29) is 5.57 Å². The summed E-state index contributed by atoms with van der Waals surface area (Å²) < 4.78 is 6.80. The first-order valence-corrected chi connectivity index (χ1v) is 9.67. The van der Waals surface area contributed by atoms with Crippen molar-refractivity contribution in [3.63, 3.8) is 0 Å². The number of hydrogen-bond donors (Lipinski definition) is 1. The minimum atomic E-state index is -0.444. The Bertz CT molecular complexity index is 1040. The molecule has 0 radical (unpaired) electrons. The average Bonchev–Trinajstić information content (AvgIpc) is 2.71. The van der Waals surface area contributed by atoms with Gasteiger partial charge in [0.05, 0.1) is 0 Å². The molecule has 3 aromatic rings. The van der Waals surface area contributed by atoms with Crippen molar-refractivity contribution in [2.24, 2.45) is 0 Å². The minimum absolute atomic E-state index is 0.0269. The Kier molecular flexibility index (Phi) is 6.82. The molecule has 1 amide bonds. The molecule has 0 bridgehead atoms. The largest absolute Gasteiger partial charge is 0.489 e. The number of rotatable bonds is 6. The number of ether oxygens (including phenoxy) is 1. The number of hydrogen-bond acceptors (Lipinski definition) is 3. The molecule has 1 N–H and O–H groups in total. The molecule has 0 fully saturated rings. The number of nitriles is 1. The second-order valence-corrected chi connectivity index (χ2v) is 7.23. The van der Waals surface area contributed by atoms with Crippen molar-refractivity contribution in [3.8, 4) is 11.8 Å². The van der Waals surface area contributed by atoms with E-state index in [1.54, 1.807) is 18.2 Å². The van der Waals surface area contributed by atoms with Crippen molar-refractivity contribution in [3.05, 3.63) is 99.1 Å². The lowest BCUT2D eigenvalue weighted by Gasteiger charge is -2.07. The molecule has 0 aliphatic carbocycles. The Hall–Kier alpha value is -3.11. The van der Waals surface area contributed by atoms with Crippen molar-refractivity contribution in [2.45, 2.75) is 6.61 Å². The maximum Gasteiger partial charge on any atom is 0.266 e. The molecule has 3 aromatic carbocycles. The number of amides is 1. The van der Waals surface area contributed by atoms with Gasteiger partial charge in [-0.05, 0) is 70.1 Å². The molecule has 0 heterocycles. The van der Waals surface area contributed by atoms with Gasteiger partial charge in [-0.1, -0.05) is 48.5 Å². The van der Waals surface area contributed by atoms with Crippen molar-refractivity contribution in [2.75, 3.05) is 5.32 Å². The van der Waals surface area contributed by atoms with Gasteiger partial charge in [-0.2, -0.15) is 5.26 Å². The predicted octanol–water partition coefficient (Wildman–Crippen LogP) is 5.42. The molecule has 0 aliphatic rings. The van der Waals surface area contributed by atoms with Gasteiger partial charge >= 0.3 is 0 Å². The Balaban J connectivity index is 1.71. The van der Waals surface area contributed by atoms with Crippen molar-refractivity contribution < 1.29 is 9.53 Å². The molecular weight excluding hydrogens is 463 g/mol. The molecule has 138 valence electrons. The second-order valence-electron chi connectivity index (χ2n) is 5.98. The molecule has 0 spiro atoms. The maximum atomic E-state index is 12.4.